The Balaban J connectivity index is 2.59. The quantitative estimate of drug-likeness (QED) is 0.468. The molecule has 0 aliphatic rings. The summed E-state index contributed by atoms with van der Waals surface area (Å²) in [4.78, 5) is 11.7. The molecule has 0 bridgehead atoms. The first-order valence-corrected chi connectivity index (χ1v) is 6.39. The monoisotopic (exact) mass is 257 g/mol. The van der Waals surface area contributed by atoms with Crippen LogP contribution in [0, 0.1) is 18.3 Å². The topological polar surface area (TPSA) is 64.9 Å². The van der Waals surface area contributed by atoms with Crippen LogP contribution in [0.1, 0.15) is 25.3 Å². The van der Waals surface area contributed by atoms with Crippen LogP contribution in [-0.2, 0) is 4.79 Å². The van der Waals surface area contributed by atoms with Gasteiger partial charge in [0.15, 0.2) is 0 Å². The maximum Gasteiger partial charge on any atom is 0.263 e. The van der Waals surface area contributed by atoms with E-state index in [4.69, 9.17) is 5.26 Å². The summed E-state index contributed by atoms with van der Waals surface area (Å²) < 4.78 is 0. The van der Waals surface area contributed by atoms with Gasteiger partial charge in [0.1, 0.15) is 11.6 Å². The molecule has 0 heterocycles. The van der Waals surface area contributed by atoms with E-state index in [1.807, 2.05) is 44.2 Å². The molecule has 0 aromatic heterocycles. The Kier molecular flexibility index (Phi) is 6.17. The fraction of sp³-hybridized carbons (Fsp3) is 0.333. The minimum absolute atomic E-state index is 0.0803. The highest BCUT2D eigenvalue weighted by Gasteiger charge is 2.07. The van der Waals surface area contributed by atoms with Crippen molar-refractivity contribution in [1.82, 2.24) is 5.32 Å². The Labute approximate surface area is 114 Å². The van der Waals surface area contributed by atoms with Gasteiger partial charge in [-0.25, -0.2) is 0 Å². The summed E-state index contributed by atoms with van der Waals surface area (Å²) in [5, 5.41) is 14.6. The second kappa shape index (κ2) is 7.93. The van der Waals surface area contributed by atoms with Gasteiger partial charge in [-0.2, -0.15) is 5.26 Å². The molecule has 1 aromatic rings. The molecule has 100 valence electrons. The van der Waals surface area contributed by atoms with E-state index in [9.17, 15) is 4.79 Å². The third kappa shape index (κ3) is 5.26. The summed E-state index contributed by atoms with van der Waals surface area (Å²) in [5.74, 6) is -0.337. The normalized spacial score (nSPS) is 10.7. The van der Waals surface area contributed by atoms with E-state index in [0.717, 1.165) is 24.1 Å². The van der Waals surface area contributed by atoms with Gasteiger partial charge in [-0.3, -0.25) is 4.79 Å². The first-order valence-electron chi connectivity index (χ1n) is 6.39. The lowest BCUT2D eigenvalue weighted by Crippen LogP contribution is -2.25. The van der Waals surface area contributed by atoms with Crippen LogP contribution in [0.3, 0.4) is 0 Å². The summed E-state index contributed by atoms with van der Waals surface area (Å²) in [6.45, 7) is 4.65. The average Bonchev–Trinajstić information content (AvgIpc) is 2.42. The van der Waals surface area contributed by atoms with Crippen LogP contribution in [0.2, 0.25) is 0 Å². The van der Waals surface area contributed by atoms with Crippen molar-refractivity contribution in [3.05, 3.63) is 41.6 Å². The molecule has 0 atom stereocenters. The molecule has 0 spiro atoms. The van der Waals surface area contributed by atoms with Crippen molar-refractivity contribution >= 4 is 11.6 Å². The lowest BCUT2D eigenvalue weighted by atomic mass is 10.2. The highest BCUT2D eigenvalue weighted by Crippen LogP contribution is 2.09. The van der Waals surface area contributed by atoms with Crippen molar-refractivity contribution in [1.29, 1.82) is 5.26 Å². The summed E-state index contributed by atoms with van der Waals surface area (Å²) in [6, 6.07) is 9.62. The van der Waals surface area contributed by atoms with E-state index in [-0.39, 0.29) is 11.5 Å². The molecular formula is C15H19N3O. The third-order valence-electron chi connectivity index (χ3n) is 2.62. The van der Waals surface area contributed by atoms with Crippen LogP contribution < -0.4 is 10.6 Å². The molecule has 4 heteroatoms. The molecule has 0 saturated carbocycles. The van der Waals surface area contributed by atoms with Crippen LogP contribution in [0.15, 0.2) is 36.0 Å². The number of carbonyl (C=O) groups excluding carboxylic acids is 1. The number of benzene rings is 1. The summed E-state index contributed by atoms with van der Waals surface area (Å²) in [7, 11) is 0. The summed E-state index contributed by atoms with van der Waals surface area (Å²) in [6.07, 6.45) is 3.36. The fourth-order valence-electron chi connectivity index (χ4n) is 1.43. The molecule has 19 heavy (non-hydrogen) atoms. The Bertz CT molecular complexity index is 483. The lowest BCUT2D eigenvalue weighted by Gasteiger charge is -2.04. The van der Waals surface area contributed by atoms with E-state index < -0.39 is 0 Å². The van der Waals surface area contributed by atoms with E-state index in [1.165, 1.54) is 6.20 Å². The molecule has 0 unspecified atom stereocenters. The number of aryl methyl sites for hydroxylation is 1. The van der Waals surface area contributed by atoms with Gasteiger partial charge in [0, 0.05) is 18.4 Å². The van der Waals surface area contributed by atoms with Gasteiger partial charge in [0.05, 0.1) is 0 Å². The Hall–Kier alpha value is -2.28. The maximum absolute atomic E-state index is 11.7. The van der Waals surface area contributed by atoms with Gasteiger partial charge in [-0.1, -0.05) is 31.0 Å². The van der Waals surface area contributed by atoms with Gasteiger partial charge in [-0.05, 0) is 25.5 Å². The molecule has 0 aliphatic heterocycles. The van der Waals surface area contributed by atoms with Crippen LogP contribution in [0.4, 0.5) is 5.69 Å². The SMILES string of the molecule is CCCCNC(=O)/C(C#N)=C\Nc1ccc(C)cc1. The van der Waals surface area contributed by atoms with Gasteiger partial charge >= 0.3 is 0 Å². The van der Waals surface area contributed by atoms with E-state index in [0.29, 0.717) is 6.54 Å². The fourth-order valence-corrected chi connectivity index (χ4v) is 1.43. The number of unbranched alkanes of at least 4 members (excludes halogenated alkanes) is 1. The van der Waals surface area contributed by atoms with Gasteiger partial charge < -0.3 is 10.6 Å². The second-order valence-electron chi connectivity index (χ2n) is 4.29. The van der Waals surface area contributed by atoms with Gasteiger partial charge in [-0.15, -0.1) is 0 Å². The van der Waals surface area contributed by atoms with Crippen molar-refractivity contribution in [2.24, 2.45) is 0 Å². The van der Waals surface area contributed by atoms with Crippen LogP contribution in [0.25, 0.3) is 0 Å². The molecule has 1 rings (SSSR count). The van der Waals surface area contributed by atoms with Crippen molar-refractivity contribution < 1.29 is 4.79 Å². The zero-order valence-electron chi connectivity index (χ0n) is 11.4. The molecule has 0 saturated heterocycles. The van der Waals surface area contributed by atoms with Crippen molar-refractivity contribution in [3.8, 4) is 6.07 Å². The second-order valence-corrected chi connectivity index (χ2v) is 4.29. The van der Waals surface area contributed by atoms with Crippen LogP contribution in [-0.4, -0.2) is 12.5 Å². The number of rotatable bonds is 6. The van der Waals surface area contributed by atoms with E-state index in [2.05, 4.69) is 10.6 Å². The number of nitrogens with one attached hydrogen (secondary N) is 2. The van der Waals surface area contributed by atoms with Gasteiger partial charge in [0.25, 0.3) is 5.91 Å². The van der Waals surface area contributed by atoms with E-state index in [1.54, 1.807) is 0 Å². The highest BCUT2D eigenvalue weighted by molar-refractivity contribution is 5.97. The first kappa shape index (κ1) is 14.8. The minimum Gasteiger partial charge on any atom is -0.360 e. The standard InChI is InChI=1S/C15H19N3O/c1-3-4-9-17-15(19)13(10-16)11-18-14-7-5-12(2)6-8-14/h5-8,11,18H,3-4,9H2,1-2H3,(H,17,19)/b13-11-. The molecule has 1 aromatic carbocycles. The van der Waals surface area contributed by atoms with Crippen LogP contribution in [0.5, 0.6) is 0 Å². The number of hydrogen-bond acceptors (Lipinski definition) is 3. The molecule has 1 amide bonds. The zero-order valence-corrected chi connectivity index (χ0v) is 11.4. The first-order chi connectivity index (χ1) is 9.17. The lowest BCUT2D eigenvalue weighted by molar-refractivity contribution is -0.117. The number of anilines is 1. The number of nitrogens with zero attached hydrogens (tertiary/aromatic N) is 1. The zero-order chi connectivity index (χ0) is 14.1. The Morgan fingerprint density at radius 2 is 2.05 bits per heavy atom. The smallest absolute Gasteiger partial charge is 0.263 e. The predicted octanol–water partition coefficient (Wildman–Crippen LogP) is 2.73. The van der Waals surface area contributed by atoms with Crippen LogP contribution >= 0.6 is 0 Å². The largest absolute Gasteiger partial charge is 0.360 e. The van der Waals surface area contributed by atoms with E-state index >= 15 is 0 Å². The molecule has 0 fully saturated rings. The predicted molar refractivity (Wildman–Crippen MR) is 76.4 cm³/mol. The minimum atomic E-state index is -0.337. The third-order valence-corrected chi connectivity index (χ3v) is 2.62. The van der Waals surface area contributed by atoms with Gasteiger partial charge in [0.2, 0.25) is 0 Å². The maximum atomic E-state index is 11.7. The number of hydrogen-bond donors (Lipinski definition) is 2. The molecule has 2 N–H and O–H groups in total. The summed E-state index contributed by atoms with van der Waals surface area (Å²) in [5.41, 5.74) is 2.09. The number of carbonyl (C=O) groups is 1. The number of amides is 1. The molecular weight excluding hydrogens is 238 g/mol. The van der Waals surface area contributed by atoms with Crippen molar-refractivity contribution in [2.75, 3.05) is 11.9 Å². The average molecular weight is 257 g/mol. The molecule has 0 aliphatic carbocycles. The van der Waals surface area contributed by atoms with Crippen molar-refractivity contribution in [3.63, 3.8) is 0 Å². The summed E-state index contributed by atoms with van der Waals surface area (Å²) >= 11 is 0. The molecule has 0 radical (unpaired) electrons. The molecule has 4 nitrogen and oxygen atoms in total. The Morgan fingerprint density at radius 3 is 2.63 bits per heavy atom. The van der Waals surface area contributed by atoms with Crippen molar-refractivity contribution in [2.45, 2.75) is 26.7 Å². The highest BCUT2D eigenvalue weighted by atomic mass is 16.1. The Morgan fingerprint density at radius 1 is 1.37 bits per heavy atom. The number of nitriles is 1.